The van der Waals surface area contributed by atoms with Gasteiger partial charge < -0.3 is 5.32 Å². The molecule has 1 aromatic heterocycles. The minimum atomic E-state index is 0.751. The van der Waals surface area contributed by atoms with Crippen molar-refractivity contribution in [2.45, 2.75) is 40.0 Å². The highest BCUT2D eigenvalue weighted by atomic mass is 15.3. The van der Waals surface area contributed by atoms with Gasteiger partial charge in [0, 0.05) is 12.7 Å². The molecular weight excluding hydrogens is 198 g/mol. The molecule has 0 aromatic carbocycles. The van der Waals surface area contributed by atoms with Crippen molar-refractivity contribution in [2.75, 3.05) is 13.1 Å². The Hall–Kier alpha value is -0.830. The fraction of sp³-hybridized carbons (Fsp3) is 0.769. The van der Waals surface area contributed by atoms with Gasteiger partial charge in [-0.05, 0) is 50.8 Å². The molecule has 0 radical (unpaired) electrons. The molecule has 0 atom stereocenters. The number of aryl methyl sites for hydroxylation is 2. The maximum absolute atomic E-state index is 4.26. The number of rotatable bonds is 7. The van der Waals surface area contributed by atoms with Gasteiger partial charge in [-0.2, -0.15) is 5.10 Å². The van der Waals surface area contributed by atoms with Gasteiger partial charge in [0.1, 0.15) is 0 Å². The van der Waals surface area contributed by atoms with E-state index in [0.717, 1.165) is 25.4 Å². The molecule has 0 fully saturated rings. The van der Waals surface area contributed by atoms with Crippen molar-refractivity contribution in [2.24, 2.45) is 13.0 Å². The van der Waals surface area contributed by atoms with Crippen LogP contribution >= 0.6 is 0 Å². The van der Waals surface area contributed by atoms with Gasteiger partial charge in [-0.25, -0.2) is 0 Å². The summed E-state index contributed by atoms with van der Waals surface area (Å²) in [4.78, 5) is 0. The predicted molar refractivity (Wildman–Crippen MR) is 68.6 cm³/mol. The Morgan fingerprint density at radius 1 is 1.38 bits per heavy atom. The lowest BCUT2D eigenvalue weighted by Crippen LogP contribution is -2.20. The van der Waals surface area contributed by atoms with Crippen LogP contribution in [0.25, 0.3) is 0 Å². The van der Waals surface area contributed by atoms with Gasteiger partial charge in [-0.1, -0.05) is 13.8 Å². The number of aromatic nitrogens is 2. The molecule has 16 heavy (non-hydrogen) atoms. The van der Waals surface area contributed by atoms with E-state index in [1.807, 2.05) is 17.9 Å². The number of hydrogen-bond acceptors (Lipinski definition) is 2. The van der Waals surface area contributed by atoms with E-state index in [0.29, 0.717) is 0 Å². The molecule has 1 aromatic rings. The lowest BCUT2D eigenvalue weighted by molar-refractivity contribution is 0.535. The van der Waals surface area contributed by atoms with Crippen LogP contribution in [0.1, 0.15) is 37.9 Å². The first-order chi connectivity index (χ1) is 7.61. The zero-order chi connectivity index (χ0) is 12.0. The fourth-order valence-electron chi connectivity index (χ4n) is 1.75. The van der Waals surface area contributed by atoms with Crippen molar-refractivity contribution in [3.63, 3.8) is 0 Å². The van der Waals surface area contributed by atoms with E-state index in [-0.39, 0.29) is 0 Å². The van der Waals surface area contributed by atoms with E-state index in [4.69, 9.17) is 0 Å². The summed E-state index contributed by atoms with van der Waals surface area (Å²) in [6.45, 7) is 8.89. The summed E-state index contributed by atoms with van der Waals surface area (Å²) in [5.74, 6) is 0.751. The second kappa shape index (κ2) is 6.69. The molecule has 1 rings (SSSR count). The zero-order valence-corrected chi connectivity index (χ0v) is 11.1. The number of nitrogens with zero attached hydrogens (tertiary/aromatic N) is 2. The van der Waals surface area contributed by atoms with Crippen LogP contribution in [-0.4, -0.2) is 22.9 Å². The third kappa shape index (κ3) is 4.35. The van der Waals surface area contributed by atoms with Crippen LogP contribution in [0.15, 0.2) is 6.20 Å². The van der Waals surface area contributed by atoms with E-state index in [9.17, 15) is 0 Å². The normalized spacial score (nSPS) is 11.3. The number of unbranched alkanes of at least 4 members (excludes halogenated alkanes) is 1. The Balaban J connectivity index is 2.10. The second-order valence-corrected chi connectivity index (χ2v) is 4.93. The molecule has 0 aliphatic heterocycles. The topological polar surface area (TPSA) is 29.9 Å². The average Bonchev–Trinajstić information content (AvgIpc) is 2.54. The van der Waals surface area contributed by atoms with Crippen molar-refractivity contribution >= 4 is 0 Å². The molecule has 92 valence electrons. The zero-order valence-electron chi connectivity index (χ0n) is 11.1. The van der Waals surface area contributed by atoms with E-state index in [1.54, 1.807) is 0 Å². The van der Waals surface area contributed by atoms with Crippen LogP contribution in [0.3, 0.4) is 0 Å². The van der Waals surface area contributed by atoms with Crippen molar-refractivity contribution in [3.05, 3.63) is 17.5 Å². The highest BCUT2D eigenvalue weighted by Gasteiger charge is 2.02. The van der Waals surface area contributed by atoms with E-state index in [1.165, 1.54) is 24.1 Å². The maximum atomic E-state index is 4.26. The quantitative estimate of drug-likeness (QED) is 0.719. The molecule has 0 saturated heterocycles. The fourth-order valence-corrected chi connectivity index (χ4v) is 1.75. The largest absolute Gasteiger partial charge is 0.316 e. The summed E-state index contributed by atoms with van der Waals surface area (Å²) >= 11 is 0. The lowest BCUT2D eigenvalue weighted by atomic mass is 10.1. The van der Waals surface area contributed by atoms with Gasteiger partial charge in [0.2, 0.25) is 0 Å². The van der Waals surface area contributed by atoms with Gasteiger partial charge in [-0.15, -0.1) is 0 Å². The molecule has 1 N–H and O–H groups in total. The van der Waals surface area contributed by atoms with E-state index < -0.39 is 0 Å². The molecule has 0 aliphatic rings. The summed E-state index contributed by atoms with van der Waals surface area (Å²) in [6.07, 6.45) is 5.65. The Morgan fingerprint density at radius 2 is 2.12 bits per heavy atom. The monoisotopic (exact) mass is 223 g/mol. The molecule has 3 nitrogen and oxygen atoms in total. The van der Waals surface area contributed by atoms with Crippen LogP contribution < -0.4 is 5.32 Å². The minimum Gasteiger partial charge on any atom is -0.316 e. The predicted octanol–water partition coefficient (Wildman–Crippen LogP) is 2.30. The lowest BCUT2D eigenvalue weighted by Gasteiger charge is -2.06. The molecule has 0 saturated carbocycles. The van der Waals surface area contributed by atoms with E-state index in [2.05, 4.69) is 31.2 Å². The number of nitrogens with one attached hydrogen (secondary N) is 1. The highest BCUT2D eigenvalue weighted by molar-refractivity contribution is 5.15. The van der Waals surface area contributed by atoms with Crippen molar-refractivity contribution in [1.29, 1.82) is 0 Å². The molecule has 0 amide bonds. The van der Waals surface area contributed by atoms with Crippen LogP contribution in [-0.2, 0) is 13.5 Å². The van der Waals surface area contributed by atoms with Crippen molar-refractivity contribution in [1.82, 2.24) is 15.1 Å². The Labute approximate surface area is 99.2 Å². The minimum absolute atomic E-state index is 0.751. The first-order valence-electron chi connectivity index (χ1n) is 6.29. The van der Waals surface area contributed by atoms with E-state index >= 15 is 0 Å². The van der Waals surface area contributed by atoms with Crippen LogP contribution in [0.5, 0.6) is 0 Å². The highest BCUT2D eigenvalue weighted by Crippen LogP contribution is 2.09. The molecule has 0 aliphatic carbocycles. The molecule has 0 unspecified atom stereocenters. The van der Waals surface area contributed by atoms with Gasteiger partial charge in [0.05, 0.1) is 6.20 Å². The molecule has 0 bridgehead atoms. The molecule has 0 spiro atoms. The third-order valence-electron chi connectivity index (χ3n) is 2.94. The van der Waals surface area contributed by atoms with Crippen LogP contribution in [0.4, 0.5) is 0 Å². The smallest absolute Gasteiger partial charge is 0.0524 e. The van der Waals surface area contributed by atoms with Gasteiger partial charge >= 0.3 is 0 Å². The Kier molecular flexibility index (Phi) is 5.53. The van der Waals surface area contributed by atoms with Crippen LogP contribution in [0.2, 0.25) is 0 Å². The molecule has 1 heterocycles. The number of hydrogen-bond donors (Lipinski definition) is 1. The second-order valence-electron chi connectivity index (χ2n) is 4.93. The first-order valence-corrected chi connectivity index (χ1v) is 6.29. The molecular formula is C13H25N3. The summed E-state index contributed by atoms with van der Waals surface area (Å²) in [5.41, 5.74) is 2.70. The van der Waals surface area contributed by atoms with Gasteiger partial charge in [0.25, 0.3) is 0 Å². The third-order valence-corrected chi connectivity index (χ3v) is 2.94. The summed E-state index contributed by atoms with van der Waals surface area (Å²) < 4.78 is 1.95. The Bertz CT molecular complexity index is 302. The van der Waals surface area contributed by atoms with Gasteiger partial charge in [0.15, 0.2) is 0 Å². The maximum Gasteiger partial charge on any atom is 0.0524 e. The summed E-state index contributed by atoms with van der Waals surface area (Å²) in [6, 6.07) is 0. The van der Waals surface area contributed by atoms with Crippen LogP contribution in [0, 0.1) is 12.8 Å². The van der Waals surface area contributed by atoms with Crippen molar-refractivity contribution in [3.8, 4) is 0 Å². The summed E-state index contributed by atoms with van der Waals surface area (Å²) in [7, 11) is 2.00. The SMILES string of the molecule is Cc1c(CCCCNCC(C)C)cnn1C. The first kappa shape index (κ1) is 13.2. The molecule has 3 heteroatoms. The standard InChI is InChI=1S/C13H25N3/c1-11(2)9-14-8-6-5-7-13-10-15-16(4)12(13)3/h10-11,14H,5-9H2,1-4H3. The summed E-state index contributed by atoms with van der Waals surface area (Å²) in [5, 5.41) is 7.73. The van der Waals surface area contributed by atoms with Crippen molar-refractivity contribution < 1.29 is 0 Å². The Morgan fingerprint density at radius 3 is 2.69 bits per heavy atom. The van der Waals surface area contributed by atoms with Gasteiger partial charge in [-0.3, -0.25) is 4.68 Å². The average molecular weight is 223 g/mol.